The zero-order valence-electron chi connectivity index (χ0n) is 13.1. The number of rotatable bonds is 3. The molecule has 23 heavy (non-hydrogen) atoms. The molecule has 2 amide bonds. The fraction of sp³-hybridized carbons (Fsp3) is 0.438. The summed E-state index contributed by atoms with van der Waals surface area (Å²) >= 11 is 0. The molecule has 1 atom stereocenters. The molecule has 1 aromatic rings. The molecule has 1 aromatic carbocycles. The van der Waals surface area contributed by atoms with E-state index in [1.807, 2.05) is 30.3 Å². The van der Waals surface area contributed by atoms with E-state index in [4.69, 9.17) is 10.5 Å². The fourth-order valence-corrected chi connectivity index (χ4v) is 2.38. The van der Waals surface area contributed by atoms with Crippen molar-refractivity contribution in [2.75, 3.05) is 26.2 Å². The molecule has 1 aliphatic rings. The summed E-state index contributed by atoms with van der Waals surface area (Å²) < 4.78 is 4.84. The standard InChI is InChI=1S/C16H21N3O4/c1-12(20)18-7-9-19(10-8-18)16(22)23-15(21)14(17)11-13-5-3-2-4-6-13/h2-6,14H,7-11,17H2,1H3/t14-/m0/s1. The van der Waals surface area contributed by atoms with Crippen molar-refractivity contribution in [2.45, 2.75) is 19.4 Å². The molecule has 0 aromatic heterocycles. The maximum absolute atomic E-state index is 12.0. The maximum atomic E-state index is 12.0. The van der Waals surface area contributed by atoms with Crippen LogP contribution >= 0.6 is 0 Å². The van der Waals surface area contributed by atoms with Gasteiger partial charge in [0.1, 0.15) is 6.04 Å². The normalized spacial score (nSPS) is 15.9. The second kappa shape index (κ2) is 7.73. The van der Waals surface area contributed by atoms with Crippen molar-refractivity contribution < 1.29 is 19.1 Å². The third-order valence-electron chi connectivity index (χ3n) is 3.77. The summed E-state index contributed by atoms with van der Waals surface area (Å²) in [5, 5.41) is 0. The van der Waals surface area contributed by atoms with Crippen LogP contribution in [-0.2, 0) is 20.7 Å². The van der Waals surface area contributed by atoms with Gasteiger partial charge in [0.15, 0.2) is 0 Å². The number of ether oxygens (including phenoxy) is 1. The molecule has 0 aliphatic carbocycles. The third-order valence-corrected chi connectivity index (χ3v) is 3.77. The molecular weight excluding hydrogens is 298 g/mol. The van der Waals surface area contributed by atoms with Crippen LogP contribution in [0, 0.1) is 0 Å². The summed E-state index contributed by atoms with van der Waals surface area (Å²) in [6, 6.07) is 8.41. The van der Waals surface area contributed by atoms with Gasteiger partial charge in [-0.2, -0.15) is 0 Å². The zero-order valence-corrected chi connectivity index (χ0v) is 13.1. The largest absolute Gasteiger partial charge is 0.417 e. The Kier molecular flexibility index (Phi) is 5.70. The quantitative estimate of drug-likeness (QED) is 0.642. The molecule has 1 saturated heterocycles. The highest BCUT2D eigenvalue weighted by Gasteiger charge is 2.27. The van der Waals surface area contributed by atoms with Crippen LogP contribution in [0.15, 0.2) is 30.3 Å². The highest BCUT2D eigenvalue weighted by atomic mass is 16.6. The molecule has 0 bridgehead atoms. The van der Waals surface area contributed by atoms with Gasteiger partial charge in [0.2, 0.25) is 5.91 Å². The van der Waals surface area contributed by atoms with E-state index in [2.05, 4.69) is 0 Å². The van der Waals surface area contributed by atoms with Gasteiger partial charge in [0.05, 0.1) is 0 Å². The first-order valence-electron chi connectivity index (χ1n) is 7.53. The molecule has 0 radical (unpaired) electrons. The lowest BCUT2D eigenvalue weighted by molar-refractivity contribution is -0.140. The van der Waals surface area contributed by atoms with Gasteiger partial charge in [-0.3, -0.25) is 4.79 Å². The van der Waals surface area contributed by atoms with Crippen LogP contribution in [0.1, 0.15) is 12.5 Å². The van der Waals surface area contributed by atoms with Crippen molar-refractivity contribution in [3.63, 3.8) is 0 Å². The molecule has 0 saturated carbocycles. The van der Waals surface area contributed by atoms with E-state index in [-0.39, 0.29) is 5.91 Å². The van der Waals surface area contributed by atoms with Crippen LogP contribution < -0.4 is 5.73 Å². The second-order valence-electron chi connectivity index (χ2n) is 5.48. The van der Waals surface area contributed by atoms with Gasteiger partial charge in [-0.15, -0.1) is 0 Å². The van der Waals surface area contributed by atoms with Gasteiger partial charge in [0, 0.05) is 33.1 Å². The van der Waals surface area contributed by atoms with Crippen LogP contribution in [-0.4, -0.2) is 60.0 Å². The average molecular weight is 319 g/mol. The Labute approximate surface area is 135 Å². The summed E-state index contributed by atoms with van der Waals surface area (Å²) in [6.45, 7) is 3.06. The van der Waals surface area contributed by atoms with Gasteiger partial charge in [-0.1, -0.05) is 30.3 Å². The first-order chi connectivity index (χ1) is 11.0. The Morgan fingerprint density at radius 2 is 1.65 bits per heavy atom. The first-order valence-corrected chi connectivity index (χ1v) is 7.53. The molecule has 0 spiro atoms. The number of carbonyl (C=O) groups is 3. The fourth-order valence-electron chi connectivity index (χ4n) is 2.38. The van der Waals surface area contributed by atoms with Crippen molar-refractivity contribution >= 4 is 18.0 Å². The molecule has 2 rings (SSSR count). The minimum atomic E-state index is -0.889. The number of nitrogens with zero attached hydrogens (tertiary/aromatic N) is 2. The topological polar surface area (TPSA) is 92.9 Å². The van der Waals surface area contributed by atoms with Gasteiger partial charge in [-0.25, -0.2) is 9.59 Å². The molecule has 124 valence electrons. The van der Waals surface area contributed by atoms with Crippen LogP contribution in [0.3, 0.4) is 0 Å². The van der Waals surface area contributed by atoms with Crippen LogP contribution in [0.4, 0.5) is 4.79 Å². The highest BCUT2D eigenvalue weighted by molar-refractivity contribution is 5.87. The number of amides is 2. The van der Waals surface area contributed by atoms with Gasteiger partial charge in [-0.05, 0) is 12.0 Å². The maximum Gasteiger partial charge on any atom is 0.417 e. The van der Waals surface area contributed by atoms with Crippen LogP contribution in [0.25, 0.3) is 0 Å². The van der Waals surface area contributed by atoms with Gasteiger partial charge >= 0.3 is 12.1 Å². The molecule has 7 nitrogen and oxygen atoms in total. The van der Waals surface area contributed by atoms with Gasteiger partial charge in [0.25, 0.3) is 0 Å². The lowest BCUT2D eigenvalue weighted by Gasteiger charge is -2.33. The Morgan fingerprint density at radius 3 is 2.22 bits per heavy atom. The minimum Gasteiger partial charge on any atom is -0.375 e. The number of esters is 1. The predicted octanol–water partition coefficient (Wildman–Crippen LogP) is 0.384. The Morgan fingerprint density at radius 1 is 1.09 bits per heavy atom. The summed E-state index contributed by atoms with van der Waals surface area (Å²) in [7, 11) is 0. The first kappa shape index (κ1) is 17.0. The Hall–Kier alpha value is -2.41. The van der Waals surface area contributed by atoms with Crippen molar-refractivity contribution in [1.82, 2.24) is 9.80 Å². The summed E-state index contributed by atoms with van der Waals surface area (Å²) in [5.74, 6) is -0.771. The number of hydrogen-bond acceptors (Lipinski definition) is 5. The predicted molar refractivity (Wildman–Crippen MR) is 83.4 cm³/mol. The molecule has 1 fully saturated rings. The molecule has 2 N–H and O–H groups in total. The number of nitrogens with two attached hydrogens (primary N) is 1. The number of piperazine rings is 1. The molecular formula is C16H21N3O4. The van der Waals surface area contributed by atoms with Crippen LogP contribution in [0.5, 0.6) is 0 Å². The highest BCUT2D eigenvalue weighted by Crippen LogP contribution is 2.07. The Balaban J connectivity index is 1.80. The molecule has 7 heteroatoms. The van der Waals surface area contributed by atoms with E-state index in [1.165, 1.54) is 11.8 Å². The van der Waals surface area contributed by atoms with Crippen molar-refractivity contribution in [3.05, 3.63) is 35.9 Å². The van der Waals surface area contributed by atoms with Crippen LogP contribution in [0.2, 0.25) is 0 Å². The number of carbonyl (C=O) groups excluding carboxylic acids is 3. The van der Waals surface area contributed by atoms with Crippen molar-refractivity contribution in [2.24, 2.45) is 5.73 Å². The van der Waals surface area contributed by atoms with E-state index in [9.17, 15) is 14.4 Å². The lowest BCUT2D eigenvalue weighted by Crippen LogP contribution is -2.51. The summed E-state index contributed by atoms with van der Waals surface area (Å²) in [6.07, 6.45) is -0.396. The third kappa shape index (κ3) is 4.79. The van der Waals surface area contributed by atoms with E-state index in [1.54, 1.807) is 4.90 Å². The average Bonchev–Trinajstić information content (AvgIpc) is 2.55. The number of benzene rings is 1. The van der Waals surface area contributed by atoms with Crippen molar-refractivity contribution in [1.29, 1.82) is 0 Å². The van der Waals surface area contributed by atoms with E-state index in [0.717, 1.165) is 5.56 Å². The minimum absolute atomic E-state index is 0.0287. The summed E-state index contributed by atoms with van der Waals surface area (Å²) in [4.78, 5) is 38.2. The van der Waals surface area contributed by atoms with Gasteiger partial charge < -0.3 is 20.3 Å². The van der Waals surface area contributed by atoms with E-state index in [0.29, 0.717) is 32.6 Å². The zero-order chi connectivity index (χ0) is 16.8. The smallest absolute Gasteiger partial charge is 0.375 e. The van der Waals surface area contributed by atoms with Crippen molar-refractivity contribution in [3.8, 4) is 0 Å². The monoisotopic (exact) mass is 319 g/mol. The van der Waals surface area contributed by atoms with E-state index < -0.39 is 18.1 Å². The second-order valence-corrected chi connectivity index (χ2v) is 5.48. The molecule has 1 aliphatic heterocycles. The Bertz CT molecular complexity index is 568. The molecule has 0 unspecified atom stereocenters. The summed E-state index contributed by atoms with van der Waals surface area (Å²) in [5.41, 5.74) is 6.69. The lowest BCUT2D eigenvalue weighted by atomic mass is 10.1. The number of hydrogen-bond donors (Lipinski definition) is 1. The molecule has 1 heterocycles. The van der Waals surface area contributed by atoms with E-state index >= 15 is 0 Å². The SMILES string of the molecule is CC(=O)N1CCN(C(=O)OC(=O)[C@@H](N)Cc2ccccc2)CC1.